The van der Waals surface area contributed by atoms with Crippen LogP contribution in [0, 0.1) is 0 Å². The minimum atomic E-state index is -4.07. The summed E-state index contributed by atoms with van der Waals surface area (Å²) in [5.74, 6) is -0.640. The number of carbonyl (C=O) groups excluding carboxylic acids is 3. The largest absolute Gasteiger partial charge is 0.508 e. The van der Waals surface area contributed by atoms with E-state index in [0.717, 1.165) is 15.4 Å². The average molecular weight is 627 g/mol. The van der Waals surface area contributed by atoms with E-state index in [1.807, 2.05) is 42.5 Å². The molecule has 230 valence electrons. The third-order valence-electron chi connectivity index (χ3n) is 8.01. The molecular formula is C33H30N4O7S. The van der Waals surface area contributed by atoms with Crippen LogP contribution in [-0.4, -0.2) is 76.7 Å². The number of Topliss-reactive ketones (excluding diaryl/α,β-unsaturated/α-hetero) is 1. The minimum absolute atomic E-state index is 0.0409. The van der Waals surface area contributed by atoms with Crippen molar-refractivity contribution in [3.8, 4) is 22.6 Å². The summed E-state index contributed by atoms with van der Waals surface area (Å²) in [6, 6.07) is 24.5. The molecule has 2 amide bonds. The first kappa shape index (κ1) is 30.0. The molecule has 3 aromatic carbocycles. The van der Waals surface area contributed by atoms with Crippen LogP contribution in [0.15, 0.2) is 108 Å². The zero-order valence-corrected chi connectivity index (χ0v) is 24.8. The third-order valence-corrected chi connectivity index (χ3v) is 9.80. The quantitative estimate of drug-likeness (QED) is 0.303. The van der Waals surface area contributed by atoms with Gasteiger partial charge in [0.1, 0.15) is 23.6 Å². The number of ketones is 1. The van der Waals surface area contributed by atoms with E-state index in [-0.39, 0.29) is 42.5 Å². The molecule has 2 fully saturated rings. The fourth-order valence-electron chi connectivity index (χ4n) is 5.85. The minimum Gasteiger partial charge on any atom is -0.508 e. The van der Waals surface area contributed by atoms with Gasteiger partial charge in [0.2, 0.25) is 5.91 Å². The Labute approximate surface area is 260 Å². The highest BCUT2D eigenvalue weighted by molar-refractivity contribution is 7.89. The fraction of sp³-hybridized carbons (Fsp3) is 0.212. The second-order valence-corrected chi connectivity index (χ2v) is 12.7. The summed E-state index contributed by atoms with van der Waals surface area (Å²) in [5, 5.41) is 12.2. The van der Waals surface area contributed by atoms with E-state index in [1.54, 1.807) is 36.4 Å². The Morgan fingerprint density at radius 3 is 2.31 bits per heavy atom. The normalized spacial score (nSPS) is 18.8. The number of carbonyl (C=O) groups is 3. The van der Waals surface area contributed by atoms with Gasteiger partial charge in [0.25, 0.3) is 10.0 Å². The lowest BCUT2D eigenvalue weighted by Gasteiger charge is -2.28. The number of nitrogens with zero attached hydrogens (tertiary/aromatic N) is 3. The summed E-state index contributed by atoms with van der Waals surface area (Å²) >= 11 is 0. The Kier molecular flexibility index (Phi) is 8.33. The van der Waals surface area contributed by atoms with E-state index in [0.29, 0.717) is 5.56 Å². The Balaban J connectivity index is 1.20. The first-order valence-corrected chi connectivity index (χ1v) is 15.8. The number of phenolic OH excluding ortho intramolecular Hbond substituents is 1. The number of amides is 2. The number of hydrogen-bond acceptors (Lipinski definition) is 8. The zero-order valence-electron chi connectivity index (χ0n) is 24.0. The van der Waals surface area contributed by atoms with Gasteiger partial charge in [-0.05, 0) is 59.5 Å². The number of pyridine rings is 1. The second kappa shape index (κ2) is 12.5. The van der Waals surface area contributed by atoms with Crippen LogP contribution < -0.4 is 10.1 Å². The molecule has 6 rings (SSSR count). The molecule has 2 aliphatic rings. The van der Waals surface area contributed by atoms with Gasteiger partial charge in [-0.25, -0.2) is 18.2 Å². The lowest BCUT2D eigenvalue weighted by atomic mass is 10.0. The molecule has 0 spiro atoms. The first-order valence-electron chi connectivity index (χ1n) is 14.4. The van der Waals surface area contributed by atoms with Gasteiger partial charge >= 0.3 is 6.09 Å². The molecule has 0 bridgehead atoms. The summed E-state index contributed by atoms with van der Waals surface area (Å²) in [7, 11) is -4.07. The lowest BCUT2D eigenvalue weighted by molar-refractivity contribution is -0.138. The molecule has 0 radical (unpaired) electrons. The van der Waals surface area contributed by atoms with Crippen molar-refractivity contribution >= 4 is 27.8 Å². The molecule has 2 saturated heterocycles. The SMILES string of the molecule is O=C(NC(Cc1ccc(O)cc1)C(=O)N1CCC2C1C(=O)CN2S(=O)(=O)c1ccccn1)Oc1ccc(-c2ccccc2)cc1. The molecule has 3 unspecified atom stereocenters. The summed E-state index contributed by atoms with van der Waals surface area (Å²) in [6.07, 6.45) is 0.785. The summed E-state index contributed by atoms with van der Waals surface area (Å²) in [4.78, 5) is 45.6. The van der Waals surface area contributed by atoms with Gasteiger partial charge in [-0.15, -0.1) is 0 Å². The summed E-state index contributed by atoms with van der Waals surface area (Å²) < 4.78 is 33.3. The number of likely N-dealkylation sites (tertiary alicyclic amines) is 1. The number of rotatable bonds is 8. The number of aromatic hydroxyl groups is 1. The number of phenols is 1. The Morgan fingerprint density at radius 1 is 0.933 bits per heavy atom. The highest BCUT2D eigenvalue weighted by Gasteiger charge is 2.54. The van der Waals surface area contributed by atoms with Crippen LogP contribution in [0.3, 0.4) is 0 Å². The first-order chi connectivity index (χ1) is 21.7. The second-order valence-electron chi connectivity index (χ2n) is 10.9. The van der Waals surface area contributed by atoms with Crippen LogP contribution in [-0.2, 0) is 26.0 Å². The van der Waals surface area contributed by atoms with Gasteiger partial charge in [0.05, 0.1) is 12.6 Å². The number of nitrogens with one attached hydrogen (secondary N) is 1. The maximum Gasteiger partial charge on any atom is 0.413 e. The van der Waals surface area contributed by atoms with Crippen molar-refractivity contribution in [2.24, 2.45) is 0 Å². The van der Waals surface area contributed by atoms with Crippen molar-refractivity contribution in [3.63, 3.8) is 0 Å². The topological polar surface area (TPSA) is 146 Å². The van der Waals surface area contributed by atoms with E-state index in [9.17, 15) is 27.9 Å². The monoisotopic (exact) mass is 626 g/mol. The number of aromatic nitrogens is 1. The van der Waals surface area contributed by atoms with Crippen LogP contribution in [0.4, 0.5) is 4.79 Å². The van der Waals surface area contributed by atoms with E-state index in [2.05, 4.69) is 10.3 Å². The predicted octanol–water partition coefficient (Wildman–Crippen LogP) is 3.40. The molecule has 0 aliphatic carbocycles. The Morgan fingerprint density at radius 2 is 1.62 bits per heavy atom. The zero-order chi connectivity index (χ0) is 31.6. The third kappa shape index (κ3) is 6.28. The highest BCUT2D eigenvalue weighted by atomic mass is 32.2. The van der Waals surface area contributed by atoms with E-state index in [4.69, 9.17) is 4.74 Å². The van der Waals surface area contributed by atoms with Crippen molar-refractivity contribution in [3.05, 3.63) is 109 Å². The predicted molar refractivity (Wildman–Crippen MR) is 164 cm³/mol. The fourth-order valence-corrected chi connectivity index (χ4v) is 7.41. The van der Waals surface area contributed by atoms with Crippen molar-refractivity contribution < 1.29 is 32.6 Å². The molecule has 3 heterocycles. The van der Waals surface area contributed by atoms with Crippen LogP contribution in [0.1, 0.15) is 12.0 Å². The van der Waals surface area contributed by atoms with Gasteiger partial charge in [0, 0.05) is 19.2 Å². The smallest absolute Gasteiger partial charge is 0.413 e. The number of benzene rings is 3. The van der Waals surface area contributed by atoms with E-state index < -0.39 is 45.9 Å². The molecule has 2 aliphatic heterocycles. The van der Waals surface area contributed by atoms with Crippen molar-refractivity contribution in [1.29, 1.82) is 0 Å². The number of fused-ring (bicyclic) bond motifs is 1. The molecule has 1 aromatic heterocycles. The Bertz CT molecular complexity index is 1800. The number of sulfonamides is 1. The van der Waals surface area contributed by atoms with Gasteiger partial charge in [0.15, 0.2) is 10.8 Å². The van der Waals surface area contributed by atoms with Crippen LogP contribution >= 0.6 is 0 Å². The molecule has 2 N–H and O–H groups in total. The van der Waals surface area contributed by atoms with Crippen molar-refractivity contribution in [1.82, 2.24) is 19.5 Å². The molecule has 3 atom stereocenters. The molecule has 11 nitrogen and oxygen atoms in total. The molecule has 45 heavy (non-hydrogen) atoms. The van der Waals surface area contributed by atoms with Crippen LogP contribution in [0.2, 0.25) is 0 Å². The van der Waals surface area contributed by atoms with E-state index in [1.165, 1.54) is 29.3 Å². The summed E-state index contributed by atoms with van der Waals surface area (Å²) in [5.41, 5.74) is 2.59. The van der Waals surface area contributed by atoms with Crippen LogP contribution in [0.25, 0.3) is 11.1 Å². The molecule has 4 aromatic rings. The maximum absolute atomic E-state index is 14.0. The van der Waals surface area contributed by atoms with Gasteiger partial charge in [-0.1, -0.05) is 60.7 Å². The average Bonchev–Trinajstić information content (AvgIpc) is 3.64. The van der Waals surface area contributed by atoms with Gasteiger partial charge in [-0.3, -0.25) is 9.59 Å². The van der Waals surface area contributed by atoms with Gasteiger partial charge < -0.3 is 20.1 Å². The Hall–Kier alpha value is -5.07. The molecule has 12 heteroatoms. The number of ether oxygens (including phenoxy) is 1. The van der Waals surface area contributed by atoms with Crippen LogP contribution in [0.5, 0.6) is 11.5 Å². The standard InChI is InChI=1S/C33H30N4O7S/c38-25-13-9-22(10-14-25)20-27(35-33(41)44-26-15-11-24(12-16-26)23-6-2-1-3-7-23)32(40)36-19-17-28-31(36)29(39)21-37(28)45(42,43)30-8-4-5-18-34-30/h1-16,18,27-28,31,38H,17,19-21H2,(H,35,41). The highest BCUT2D eigenvalue weighted by Crippen LogP contribution is 2.34. The molecular weight excluding hydrogens is 596 g/mol. The number of hydrogen-bond donors (Lipinski definition) is 2. The van der Waals surface area contributed by atoms with Crippen molar-refractivity contribution in [2.45, 2.75) is 36.0 Å². The van der Waals surface area contributed by atoms with Crippen molar-refractivity contribution in [2.75, 3.05) is 13.1 Å². The molecule has 0 saturated carbocycles. The van der Waals surface area contributed by atoms with Gasteiger partial charge in [-0.2, -0.15) is 4.31 Å². The maximum atomic E-state index is 14.0. The summed E-state index contributed by atoms with van der Waals surface area (Å²) in [6.45, 7) is -0.257. The van der Waals surface area contributed by atoms with E-state index >= 15 is 0 Å². The lowest BCUT2D eigenvalue weighted by Crippen LogP contribution is -2.53.